The zero-order valence-corrected chi connectivity index (χ0v) is 15.5. The van der Waals surface area contributed by atoms with Crippen molar-refractivity contribution in [2.75, 3.05) is 26.2 Å². The Hall–Kier alpha value is -2.52. The summed E-state index contributed by atoms with van der Waals surface area (Å²) in [5.74, 6) is 3.06. The van der Waals surface area contributed by atoms with Gasteiger partial charge in [0.15, 0.2) is 5.96 Å². The lowest BCUT2D eigenvalue weighted by Gasteiger charge is -2.31. The lowest BCUT2D eigenvalue weighted by Crippen LogP contribution is -2.40. The van der Waals surface area contributed by atoms with Crippen LogP contribution in [0.5, 0.6) is 0 Å². The van der Waals surface area contributed by atoms with Crippen LogP contribution in [0.3, 0.4) is 0 Å². The SMILES string of the molecule is C#CCNC(=NCc1cccc(CN2CCCC(C(N)=O)C2)c1)NCC. The number of primary amides is 1. The van der Waals surface area contributed by atoms with Gasteiger partial charge in [-0.05, 0) is 37.4 Å². The Morgan fingerprint density at radius 3 is 2.96 bits per heavy atom. The maximum absolute atomic E-state index is 11.4. The maximum atomic E-state index is 11.4. The number of aliphatic imine (C=N–C) groups is 1. The highest BCUT2D eigenvalue weighted by atomic mass is 16.1. The molecule has 26 heavy (non-hydrogen) atoms. The standard InChI is InChI=1S/C20H29N5O/c1-3-10-23-20(22-4-2)24-13-16-7-5-8-17(12-16)14-25-11-6-9-18(15-25)19(21)26/h1,5,7-8,12,18H,4,6,9-11,13-15H2,2H3,(H2,21,26)(H2,22,23,24). The summed E-state index contributed by atoms with van der Waals surface area (Å²) >= 11 is 0. The summed E-state index contributed by atoms with van der Waals surface area (Å²) < 4.78 is 0. The van der Waals surface area contributed by atoms with Crippen LogP contribution in [0.25, 0.3) is 0 Å². The molecule has 0 aliphatic carbocycles. The minimum Gasteiger partial charge on any atom is -0.369 e. The summed E-state index contributed by atoms with van der Waals surface area (Å²) in [4.78, 5) is 18.3. The van der Waals surface area contributed by atoms with E-state index < -0.39 is 0 Å². The van der Waals surface area contributed by atoms with E-state index in [4.69, 9.17) is 12.2 Å². The fourth-order valence-corrected chi connectivity index (χ4v) is 3.16. The summed E-state index contributed by atoms with van der Waals surface area (Å²) in [6.45, 7) is 6.42. The van der Waals surface area contributed by atoms with Gasteiger partial charge in [0.2, 0.25) is 5.91 Å². The molecule has 4 N–H and O–H groups in total. The molecule has 1 fully saturated rings. The normalized spacial score (nSPS) is 18.2. The molecule has 0 radical (unpaired) electrons. The molecule has 0 spiro atoms. The number of piperidine rings is 1. The van der Waals surface area contributed by atoms with Gasteiger partial charge >= 0.3 is 0 Å². The topological polar surface area (TPSA) is 82.8 Å². The van der Waals surface area contributed by atoms with Crippen molar-refractivity contribution in [1.29, 1.82) is 0 Å². The average Bonchev–Trinajstić information content (AvgIpc) is 2.64. The predicted octanol–water partition coefficient (Wildman–Crippen LogP) is 1.07. The molecule has 0 aromatic heterocycles. The molecule has 1 saturated heterocycles. The van der Waals surface area contributed by atoms with Crippen LogP contribution < -0.4 is 16.4 Å². The number of rotatable bonds is 7. The Kier molecular flexibility index (Phi) is 7.97. The number of nitrogens with two attached hydrogens (primary N) is 1. The van der Waals surface area contributed by atoms with Gasteiger partial charge in [0, 0.05) is 19.6 Å². The molecule has 1 amide bonds. The molecule has 1 unspecified atom stereocenters. The number of nitrogens with one attached hydrogen (secondary N) is 2. The lowest BCUT2D eigenvalue weighted by molar-refractivity contribution is -0.123. The Morgan fingerprint density at radius 1 is 1.42 bits per heavy atom. The number of benzene rings is 1. The van der Waals surface area contributed by atoms with Crippen molar-refractivity contribution in [2.24, 2.45) is 16.6 Å². The smallest absolute Gasteiger partial charge is 0.221 e. The molecule has 140 valence electrons. The van der Waals surface area contributed by atoms with Gasteiger partial charge in [0.25, 0.3) is 0 Å². The van der Waals surface area contributed by atoms with E-state index >= 15 is 0 Å². The second-order valence-corrected chi connectivity index (χ2v) is 6.55. The Labute approximate surface area is 156 Å². The van der Waals surface area contributed by atoms with Crippen LogP contribution in [-0.2, 0) is 17.9 Å². The van der Waals surface area contributed by atoms with Gasteiger partial charge in [0.05, 0.1) is 19.0 Å². The fraction of sp³-hybridized carbons (Fsp3) is 0.500. The maximum Gasteiger partial charge on any atom is 0.221 e. The Morgan fingerprint density at radius 2 is 2.23 bits per heavy atom. The van der Waals surface area contributed by atoms with Gasteiger partial charge in [-0.1, -0.05) is 30.2 Å². The molecule has 1 aliphatic rings. The van der Waals surface area contributed by atoms with Gasteiger partial charge in [-0.3, -0.25) is 9.69 Å². The first-order valence-electron chi connectivity index (χ1n) is 9.17. The monoisotopic (exact) mass is 355 g/mol. The molecule has 6 heteroatoms. The largest absolute Gasteiger partial charge is 0.369 e. The molecular weight excluding hydrogens is 326 g/mol. The number of nitrogens with zero attached hydrogens (tertiary/aromatic N) is 2. The number of terminal acetylenes is 1. The van der Waals surface area contributed by atoms with Crippen LogP contribution in [0, 0.1) is 18.3 Å². The van der Waals surface area contributed by atoms with Gasteiger partial charge in [0.1, 0.15) is 0 Å². The second kappa shape index (κ2) is 10.5. The molecule has 1 aliphatic heterocycles. The summed E-state index contributed by atoms with van der Waals surface area (Å²) in [6.07, 6.45) is 7.21. The first-order chi connectivity index (χ1) is 12.6. The van der Waals surface area contributed by atoms with Crippen LogP contribution in [0.1, 0.15) is 30.9 Å². The Balaban J connectivity index is 1.96. The van der Waals surface area contributed by atoms with Gasteiger partial charge in [-0.2, -0.15) is 0 Å². The van der Waals surface area contributed by atoms with Crippen molar-refractivity contribution in [3.05, 3.63) is 35.4 Å². The zero-order chi connectivity index (χ0) is 18.8. The number of hydrogen-bond acceptors (Lipinski definition) is 3. The number of guanidine groups is 1. The predicted molar refractivity (Wildman–Crippen MR) is 105 cm³/mol. The van der Waals surface area contributed by atoms with E-state index in [1.807, 2.05) is 6.92 Å². The second-order valence-electron chi connectivity index (χ2n) is 6.55. The number of hydrogen-bond donors (Lipinski definition) is 3. The van der Waals surface area contributed by atoms with Gasteiger partial charge in [-0.25, -0.2) is 4.99 Å². The lowest BCUT2D eigenvalue weighted by atomic mass is 9.97. The molecule has 1 aromatic rings. The first-order valence-corrected chi connectivity index (χ1v) is 9.17. The van der Waals surface area contributed by atoms with Crippen LogP contribution in [0.2, 0.25) is 0 Å². The summed E-state index contributed by atoms with van der Waals surface area (Å²) in [6, 6.07) is 8.41. The minimum absolute atomic E-state index is 0.0264. The van der Waals surface area contributed by atoms with Crippen molar-refractivity contribution in [3.63, 3.8) is 0 Å². The summed E-state index contributed by atoms with van der Waals surface area (Å²) in [5.41, 5.74) is 7.84. The highest BCUT2D eigenvalue weighted by Gasteiger charge is 2.23. The fourth-order valence-electron chi connectivity index (χ4n) is 3.16. The third-order valence-electron chi connectivity index (χ3n) is 4.43. The van der Waals surface area contributed by atoms with Crippen LogP contribution >= 0.6 is 0 Å². The number of amides is 1. The van der Waals surface area contributed by atoms with E-state index in [2.05, 4.69) is 50.7 Å². The third-order valence-corrected chi connectivity index (χ3v) is 4.43. The van der Waals surface area contributed by atoms with Gasteiger partial charge in [-0.15, -0.1) is 6.42 Å². The molecule has 2 rings (SSSR count). The number of likely N-dealkylation sites (tertiary alicyclic amines) is 1. The van der Waals surface area contributed by atoms with E-state index in [1.165, 1.54) is 5.56 Å². The number of carbonyl (C=O) groups is 1. The molecule has 6 nitrogen and oxygen atoms in total. The number of carbonyl (C=O) groups excluding carboxylic acids is 1. The van der Waals surface area contributed by atoms with Crippen LogP contribution in [-0.4, -0.2) is 42.9 Å². The quantitative estimate of drug-likeness (QED) is 0.388. The molecule has 1 atom stereocenters. The van der Waals surface area contributed by atoms with Crippen molar-refractivity contribution in [2.45, 2.75) is 32.9 Å². The van der Waals surface area contributed by atoms with Crippen molar-refractivity contribution >= 4 is 11.9 Å². The van der Waals surface area contributed by atoms with E-state index in [1.54, 1.807) is 0 Å². The minimum atomic E-state index is -0.187. The summed E-state index contributed by atoms with van der Waals surface area (Å²) in [7, 11) is 0. The molecule has 0 saturated carbocycles. The van der Waals surface area contributed by atoms with E-state index in [0.717, 1.165) is 50.5 Å². The van der Waals surface area contributed by atoms with Crippen molar-refractivity contribution in [3.8, 4) is 12.3 Å². The van der Waals surface area contributed by atoms with Crippen molar-refractivity contribution < 1.29 is 4.79 Å². The zero-order valence-electron chi connectivity index (χ0n) is 15.5. The van der Waals surface area contributed by atoms with Crippen molar-refractivity contribution in [1.82, 2.24) is 15.5 Å². The van der Waals surface area contributed by atoms with E-state index in [9.17, 15) is 4.79 Å². The first kappa shape index (κ1) is 19.8. The average molecular weight is 355 g/mol. The highest BCUT2D eigenvalue weighted by Crippen LogP contribution is 2.19. The molecule has 0 bridgehead atoms. The van der Waals surface area contributed by atoms with Crippen LogP contribution in [0.15, 0.2) is 29.3 Å². The van der Waals surface area contributed by atoms with E-state index in [-0.39, 0.29) is 11.8 Å². The Bertz CT molecular complexity index is 664. The van der Waals surface area contributed by atoms with E-state index in [0.29, 0.717) is 13.1 Å². The third kappa shape index (κ3) is 6.41. The summed E-state index contributed by atoms with van der Waals surface area (Å²) in [5, 5.41) is 6.26. The molecule has 1 heterocycles. The van der Waals surface area contributed by atoms with Crippen LogP contribution in [0.4, 0.5) is 0 Å². The molecular formula is C20H29N5O. The molecule has 1 aromatic carbocycles. The van der Waals surface area contributed by atoms with Gasteiger partial charge < -0.3 is 16.4 Å². The highest BCUT2D eigenvalue weighted by molar-refractivity contribution is 5.80.